The molecule has 6 nitrogen and oxygen atoms in total. The Labute approximate surface area is 232 Å². The third-order valence-electron chi connectivity index (χ3n) is 7.11. The number of hydrogen-bond donors (Lipinski definition) is 1. The van der Waals surface area contributed by atoms with Crippen molar-refractivity contribution in [2.24, 2.45) is 11.3 Å². The second kappa shape index (κ2) is 10.8. The number of para-hydroxylation sites is 1. The van der Waals surface area contributed by atoms with Crippen molar-refractivity contribution in [1.29, 1.82) is 5.26 Å². The molecule has 0 aliphatic heterocycles. The van der Waals surface area contributed by atoms with Gasteiger partial charge in [0.2, 0.25) is 5.91 Å². The summed E-state index contributed by atoms with van der Waals surface area (Å²) in [4.78, 5) is 14.3. The van der Waals surface area contributed by atoms with Gasteiger partial charge in [0, 0.05) is 16.1 Å². The van der Waals surface area contributed by atoms with Gasteiger partial charge in [-0.2, -0.15) is 5.26 Å². The van der Waals surface area contributed by atoms with E-state index in [0.717, 1.165) is 47.5 Å². The zero-order chi connectivity index (χ0) is 26.9. The summed E-state index contributed by atoms with van der Waals surface area (Å²) in [5.41, 5.74) is 5.01. The van der Waals surface area contributed by atoms with Crippen LogP contribution in [0.15, 0.2) is 59.8 Å². The second-order valence-electron chi connectivity index (χ2n) is 10.8. The van der Waals surface area contributed by atoms with Gasteiger partial charge >= 0.3 is 0 Å². The van der Waals surface area contributed by atoms with Gasteiger partial charge in [0.05, 0.1) is 11.3 Å². The lowest BCUT2D eigenvalue weighted by atomic mass is 9.72. The maximum atomic E-state index is 13.1. The molecular formula is C30H31N5OS2. The number of nitrogens with zero attached hydrogens (tertiary/aromatic N) is 4. The highest BCUT2D eigenvalue weighted by Gasteiger charge is 2.32. The number of nitrogens with one attached hydrogen (secondary N) is 1. The molecule has 0 fully saturated rings. The number of thiophene rings is 1. The van der Waals surface area contributed by atoms with Gasteiger partial charge in [-0.3, -0.25) is 9.36 Å². The normalized spacial score (nSPS) is 15.1. The summed E-state index contributed by atoms with van der Waals surface area (Å²) in [5, 5.41) is 23.1. The van der Waals surface area contributed by atoms with E-state index >= 15 is 0 Å². The van der Waals surface area contributed by atoms with Crippen LogP contribution in [0, 0.1) is 29.6 Å². The predicted molar refractivity (Wildman–Crippen MR) is 155 cm³/mol. The van der Waals surface area contributed by atoms with Crippen LogP contribution >= 0.6 is 23.1 Å². The van der Waals surface area contributed by atoms with Gasteiger partial charge in [-0.25, -0.2) is 0 Å². The third kappa shape index (κ3) is 5.40. The van der Waals surface area contributed by atoms with E-state index in [9.17, 15) is 10.1 Å². The van der Waals surface area contributed by atoms with E-state index < -0.39 is 0 Å². The van der Waals surface area contributed by atoms with E-state index in [4.69, 9.17) is 0 Å². The zero-order valence-electron chi connectivity index (χ0n) is 22.1. The minimum atomic E-state index is -0.155. The highest BCUT2D eigenvalue weighted by molar-refractivity contribution is 7.99. The van der Waals surface area contributed by atoms with Crippen LogP contribution in [-0.2, 0) is 17.6 Å². The van der Waals surface area contributed by atoms with Crippen LogP contribution in [0.2, 0.25) is 0 Å². The average Bonchev–Trinajstić information content (AvgIpc) is 3.47. The van der Waals surface area contributed by atoms with E-state index in [-0.39, 0.29) is 17.1 Å². The fourth-order valence-electron chi connectivity index (χ4n) is 4.97. The van der Waals surface area contributed by atoms with Crippen LogP contribution in [-0.4, -0.2) is 26.4 Å². The topological polar surface area (TPSA) is 83.6 Å². The first-order valence-electron chi connectivity index (χ1n) is 12.8. The molecule has 0 radical (unpaired) electrons. The van der Waals surface area contributed by atoms with E-state index in [0.29, 0.717) is 21.6 Å². The fraction of sp³-hybridized carbons (Fsp3) is 0.333. The number of carbonyl (C=O) groups is 1. The molecule has 0 bridgehead atoms. The number of carbonyl (C=O) groups excluding carboxylic acids is 1. The number of amides is 1. The number of anilines is 1. The summed E-state index contributed by atoms with van der Waals surface area (Å²) in [6.07, 6.45) is 2.93. The van der Waals surface area contributed by atoms with Crippen molar-refractivity contribution < 1.29 is 4.79 Å². The predicted octanol–water partition coefficient (Wildman–Crippen LogP) is 7.06. The summed E-state index contributed by atoms with van der Waals surface area (Å²) in [6, 6.07) is 20.4. The molecule has 2 aromatic heterocycles. The molecule has 5 rings (SSSR count). The number of aromatic nitrogens is 3. The monoisotopic (exact) mass is 541 g/mol. The summed E-state index contributed by atoms with van der Waals surface area (Å²) in [5.74, 6) is 1.31. The molecular weight excluding hydrogens is 510 g/mol. The Balaban J connectivity index is 1.36. The quantitative estimate of drug-likeness (QED) is 0.264. The number of rotatable bonds is 6. The maximum Gasteiger partial charge on any atom is 0.235 e. The van der Waals surface area contributed by atoms with Crippen molar-refractivity contribution in [2.45, 2.75) is 52.1 Å². The summed E-state index contributed by atoms with van der Waals surface area (Å²) in [7, 11) is 0. The van der Waals surface area contributed by atoms with E-state index in [1.165, 1.54) is 16.6 Å². The number of thioether (sulfide) groups is 1. The SMILES string of the molecule is Cc1cccc(-c2nnc(SCC(=O)Nc3sc4c(c3C#N)CC[C@@H](C(C)(C)C)C4)n2-c2ccccc2)c1. The van der Waals surface area contributed by atoms with Gasteiger partial charge in [0.15, 0.2) is 11.0 Å². The Hall–Kier alpha value is -3.41. The van der Waals surface area contributed by atoms with Crippen LogP contribution in [0.1, 0.15) is 48.8 Å². The number of nitriles is 1. The maximum absolute atomic E-state index is 13.1. The molecule has 1 amide bonds. The lowest BCUT2D eigenvalue weighted by molar-refractivity contribution is -0.113. The number of fused-ring (bicyclic) bond motifs is 1. The van der Waals surface area contributed by atoms with Gasteiger partial charge in [-0.05, 0) is 61.3 Å². The van der Waals surface area contributed by atoms with Gasteiger partial charge < -0.3 is 5.32 Å². The lowest BCUT2D eigenvalue weighted by Crippen LogP contribution is -2.26. The zero-order valence-corrected chi connectivity index (χ0v) is 23.7. The highest BCUT2D eigenvalue weighted by Crippen LogP contribution is 2.44. The Kier molecular flexibility index (Phi) is 7.42. The van der Waals surface area contributed by atoms with E-state index in [1.54, 1.807) is 11.3 Å². The Bertz CT molecular complexity index is 1510. The molecule has 8 heteroatoms. The van der Waals surface area contributed by atoms with Crippen molar-refractivity contribution in [1.82, 2.24) is 14.8 Å². The van der Waals surface area contributed by atoms with Gasteiger partial charge in [0.25, 0.3) is 0 Å². The number of aryl methyl sites for hydroxylation is 1. The first-order chi connectivity index (χ1) is 18.2. The lowest BCUT2D eigenvalue weighted by Gasteiger charge is -2.33. The number of benzene rings is 2. The van der Waals surface area contributed by atoms with E-state index in [2.05, 4.69) is 48.4 Å². The average molecular weight is 542 g/mol. The van der Waals surface area contributed by atoms with Crippen LogP contribution < -0.4 is 5.32 Å². The van der Waals surface area contributed by atoms with Crippen molar-refractivity contribution >= 4 is 34.0 Å². The Morgan fingerprint density at radius 3 is 2.68 bits per heavy atom. The molecule has 4 aromatic rings. The molecule has 0 spiro atoms. The van der Waals surface area contributed by atoms with Crippen molar-refractivity contribution in [3.8, 4) is 23.1 Å². The standard InChI is InChI=1S/C30H31N5OS2/c1-19-9-8-10-20(15-19)27-33-34-29(35(27)22-11-6-5-7-12-22)37-18-26(36)32-28-24(17-31)23-14-13-21(30(2,3)4)16-25(23)38-28/h5-12,15,21H,13-14,16,18H2,1-4H3,(H,32,36)/t21-/m1/s1. The number of hydrogen-bond acceptors (Lipinski definition) is 6. The minimum Gasteiger partial charge on any atom is -0.316 e. The molecule has 1 aliphatic rings. The van der Waals surface area contributed by atoms with Gasteiger partial charge in [-0.15, -0.1) is 21.5 Å². The van der Waals surface area contributed by atoms with Crippen molar-refractivity contribution in [2.75, 3.05) is 11.1 Å². The Morgan fingerprint density at radius 1 is 1.18 bits per heavy atom. The van der Waals surface area contributed by atoms with Gasteiger partial charge in [-0.1, -0.05) is 74.5 Å². The first kappa shape index (κ1) is 26.2. The molecule has 194 valence electrons. The molecule has 0 saturated heterocycles. The van der Waals surface area contributed by atoms with Crippen molar-refractivity contribution in [3.05, 3.63) is 76.2 Å². The Morgan fingerprint density at radius 2 is 1.97 bits per heavy atom. The van der Waals surface area contributed by atoms with Crippen LogP contribution in [0.3, 0.4) is 0 Å². The molecule has 1 atom stereocenters. The fourth-order valence-corrected chi connectivity index (χ4v) is 7.01. The molecule has 1 N–H and O–H groups in total. The third-order valence-corrected chi connectivity index (χ3v) is 9.21. The highest BCUT2D eigenvalue weighted by atomic mass is 32.2. The van der Waals surface area contributed by atoms with Crippen molar-refractivity contribution in [3.63, 3.8) is 0 Å². The van der Waals surface area contributed by atoms with Crippen LogP contribution in [0.4, 0.5) is 5.00 Å². The van der Waals surface area contributed by atoms with Crippen LogP contribution in [0.5, 0.6) is 0 Å². The largest absolute Gasteiger partial charge is 0.316 e. The minimum absolute atomic E-state index is 0.155. The first-order valence-corrected chi connectivity index (χ1v) is 14.6. The molecule has 0 saturated carbocycles. The molecule has 2 heterocycles. The molecule has 38 heavy (non-hydrogen) atoms. The smallest absolute Gasteiger partial charge is 0.235 e. The van der Waals surface area contributed by atoms with E-state index in [1.807, 2.05) is 60.0 Å². The second-order valence-corrected chi connectivity index (χ2v) is 12.9. The summed E-state index contributed by atoms with van der Waals surface area (Å²) in [6.45, 7) is 8.88. The molecule has 0 unspecified atom stereocenters. The molecule has 1 aliphatic carbocycles. The summed E-state index contributed by atoms with van der Waals surface area (Å²) >= 11 is 2.90. The van der Waals surface area contributed by atoms with Gasteiger partial charge in [0.1, 0.15) is 11.1 Å². The molecule has 2 aromatic carbocycles. The van der Waals surface area contributed by atoms with Crippen LogP contribution in [0.25, 0.3) is 17.1 Å². The summed E-state index contributed by atoms with van der Waals surface area (Å²) < 4.78 is 1.99.